The van der Waals surface area contributed by atoms with Gasteiger partial charge in [-0.25, -0.2) is 17.9 Å². The SMILES string of the molecule is [2H]C([2H])([2H])Oc1cc(C(=O)NS(=O)(=O)c2ccccc2C)ccc1Cc1cn(C)c2ccc(NC(=O)OC3CCCC3)cc12. The molecule has 10 heteroatoms. The highest BCUT2D eigenvalue weighted by Gasteiger charge is 2.22. The van der Waals surface area contributed by atoms with Crippen LogP contribution in [0, 0.1) is 6.92 Å². The molecule has 2 N–H and O–H groups in total. The number of sulfonamides is 1. The third-order valence-electron chi connectivity index (χ3n) is 7.32. The van der Waals surface area contributed by atoms with Crippen LogP contribution in [-0.2, 0) is 28.2 Å². The first-order chi connectivity index (χ1) is 20.8. The average molecular weight is 579 g/mol. The van der Waals surface area contributed by atoms with Crippen LogP contribution in [0.15, 0.2) is 71.8 Å². The molecule has 214 valence electrons. The molecule has 2 amide bonds. The van der Waals surface area contributed by atoms with Crippen LogP contribution in [0.1, 0.15) is 56.8 Å². The molecule has 0 aliphatic heterocycles. The van der Waals surface area contributed by atoms with E-state index in [2.05, 4.69) is 5.32 Å². The molecule has 0 radical (unpaired) electrons. The van der Waals surface area contributed by atoms with Crippen molar-refractivity contribution in [3.05, 3.63) is 89.1 Å². The van der Waals surface area contributed by atoms with Crippen LogP contribution in [0.4, 0.5) is 10.5 Å². The number of methoxy groups -OCH3 is 1. The smallest absolute Gasteiger partial charge is 0.411 e. The van der Waals surface area contributed by atoms with Crippen LogP contribution in [-0.4, -0.2) is 38.1 Å². The summed E-state index contributed by atoms with van der Waals surface area (Å²) in [6.07, 6.45) is 5.33. The quantitative estimate of drug-likeness (QED) is 0.277. The number of benzene rings is 3. The maximum Gasteiger partial charge on any atom is 0.411 e. The lowest BCUT2D eigenvalue weighted by atomic mass is 10.0. The summed E-state index contributed by atoms with van der Waals surface area (Å²) in [4.78, 5) is 25.4. The van der Waals surface area contributed by atoms with E-state index in [1.54, 1.807) is 31.2 Å². The summed E-state index contributed by atoms with van der Waals surface area (Å²) < 4.78 is 63.5. The van der Waals surface area contributed by atoms with Gasteiger partial charge in [0, 0.05) is 41.8 Å². The van der Waals surface area contributed by atoms with Gasteiger partial charge in [0.05, 0.1) is 16.0 Å². The Morgan fingerprint density at radius 2 is 1.83 bits per heavy atom. The number of carbonyl (C=O) groups is 2. The zero-order valence-electron chi connectivity index (χ0n) is 25.8. The fourth-order valence-electron chi connectivity index (χ4n) is 5.23. The van der Waals surface area contributed by atoms with Gasteiger partial charge in [0.2, 0.25) is 0 Å². The normalized spacial score (nSPS) is 15.1. The molecule has 1 aliphatic carbocycles. The second kappa shape index (κ2) is 11.7. The third-order valence-corrected chi connectivity index (χ3v) is 8.82. The van der Waals surface area contributed by atoms with Crippen molar-refractivity contribution in [2.45, 2.75) is 50.0 Å². The lowest BCUT2D eigenvalue weighted by Gasteiger charge is -2.13. The summed E-state index contributed by atoms with van der Waals surface area (Å²) in [6, 6.07) is 15.9. The fourth-order valence-corrected chi connectivity index (χ4v) is 6.45. The first kappa shape index (κ1) is 24.5. The number of amides is 2. The van der Waals surface area contributed by atoms with Crippen molar-refractivity contribution in [1.29, 1.82) is 0 Å². The molecule has 0 bridgehead atoms. The summed E-state index contributed by atoms with van der Waals surface area (Å²) in [5.74, 6) is -1.02. The molecule has 9 nitrogen and oxygen atoms in total. The molecule has 0 saturated heterocycles. The monoisotopic (exact) mass is 578 g/mol. The van der Waals surface area contributed by atoms with E-state index in [9.17, 15) is 18.0 Å². The molecule has 0 atom stereocenters. The van der Waals surface area contributed by atoms with Crippen molar-refractivity contribution in [3.63, 3.8) is 0 Å². The van der Waals surface area contributed by atoms with Crippen LogP contribution in [0.25, 0.3) is 10.9 Å². The molecular formula is C31H33N3O6S. The summed E-state index contributed by atoms with van der Waals surface area (Å²) >= 11 is 0. The minimum Gasteiger partial charge on any atom is -0.496 e. The molecule has 1 fully saturated rings. The van der Waals surface area contributed by atoms with Crippen LogP contribution >= 0.6 is 0 Å². The second-order valence-corrected chi connectivity index (χ2v) is 11.9. The average Bonchev–Trinajstić information content (AvgIpc) is 3.56. The topological polar surface area (TPSA) is 116 Å². The van der Waals surface area contributed by atoms with Gasteiger partial charge in [-0.2, -0.15) is 0 Å². The fraction of sp³-hybridized carbons (Fsp3) is 0.290. The Balaban J connectivity index is 1.41. The summed E-state index contributed by atoms with van der Waals surface area (Å²) in [5.41, 5.74) is 3.08. The van der Waals surface area contributed by atoms with Crippen LogP contribution in [0.2, 0.25) is 0 Å². The van der Waals surface area contributed by atoms with E-state index < -0.39 is 29.1 Å². The molecule has 1 saturated carbocycles. The van der Waals surface area contributed by atoms with Gasteiger partial charge >= 0.3 is 6.09 Å². The Morgan fingerprint density at radius 1 is 1.05 bits per heavy atom. The molecular weight excluding hydrogens is 542 g/mol. The number of hydrogen-bond donors (Lipinski definition) is 2. The predicted molar refractivity (Wildman–Crippen MR) is 157 cm³/mol. The van der Waals surface area contributed by atoms with E-state index >= 15 is 0 Å². The number of fused-ring (bicyclic) bond motifs is 1. The Bertz CT molecular complexity index is 1830. The van der Waals surface area contributed by atoms with Gasteiger partial charge in [0.25, 0.3) is 15.9 Å². The number of nitrogens with one attached hydrogen (secondary N) is 2. The molecule has 1 heterocycles. The van der Waals surface area contributed by atoms with Crippen molar-refractivity contribution >= 4 is 38.6 Å². The molecule has 3 aromatic carbocycles. The van der Waals surface area contributed by atoms with Crippen molar-refractivity contribution in [2.75, 3.05) is 12.4 Å². The molecule has 4 aromatic rings. The number of anilines is 1. The van der Waals surface area contributed by atoms with Crippen molar-refractivity contribution in [1.82, 2.24) is 9.29 Å². The maximum absolute atomic E-state index is 13.0. The molecule has 41 heavy (non-hydrogen) atoms. The molecule has 0 spiro atoms. The van der Waals surface area contributed by atoms with E-state index in [0.29, 0.717) is 16.8 Å². The number of ether oxygens (including phenoxy) is 2. The van der Waals surface area contributed by atoms with Gasteiger partial charge in [-0.3, -0.25) is 10.1 Å². The zero-order valence-corrected chi connectivity index (χ0v) is 23.6. The summed E-state index contributed by atoms with van der Waals surface area (Å²) in [6.45, 7) is 1.62. The largest absolute Gasteiger partial charge is 0.496 e. The second-order valence-electron chi connectivity index (χ2n) is 10.2. The van der Waals surface area contributed by atoms with Gasteiger partial charge < -0.3 is 14.0 Å². The number of nitrogens with zero attached hydrogens (tertiary/aromatic N) is 1. The Kier molecular flexibility index (Phi) is 6.96. The van der Waals surface area contributed by atoms with Gasteiger partial charge in [-0.15, -0.1) is 0 Å². The molecule has 0 unspecified atom stereocenters. The van der Waals surface area contributed by atoms with Gasteiger partial charge in [-0.1, -0.05) is 24.3 Å². The van der Waals surface area contributed by atoms with E-state index in [4.69, 9.17) is 13.6 Å². The highest BCUT2D eigenvalue weighted by molar-refractivity contribution is 7.90. The van der Waals surface area contributed by atoms with Gasteiger partial charge in [0.15, 0.2) is 0 Å². The van der Waals surface area contributed by atoms with Crippen molar-refractivity contribution in [2.24, 2.45) is 7.05 Å². The summed E-state index contributed by atoms with van der Waals surface area (Å²) in [5, 5.41) is 3.61. The van der Waals surface area contributed by atoms with Crippen molar-refractivity contribution < 1.29 is 31.6 Å². The number of hydrogen-bond acceptors (Lipinski definition) is 6. The predicted octanol–water partition coefficient (Wildman–Crippen LogP) is 5.70. The number of aryl methyl sites for hydroxylation is 2. The van der Waals surface area contributed by atoms with Gasteiger partial charge in [0.1, 0.15) is 11.9 Å². The maximum atomic E-state index is 13.0. The Morgan fingerprint density at radius 3 is 2.59 bits per heavy atom. The molecule has 1 aromatic heterocycles. The first-order valence-corrected chi connectivity index (χ1v) is 14.8. The number of carbonyl (C=O) groups excluding carboxylic acids is 2. The number of rotatable bonds is 8. The van der Waals surface area contributed by atoms with E-state index in [1.807, 2.05) is 34.7 Å². The Labute approximate surface area is 243 Å². The lowest BCUT2D eigenvalue weighted by Crippen LogP contribution is -2.31. The van der Waals surface area contributed by atoms with Gasteiger partial charge in [-0.05, 0) is 85.7 Å². The van der Waals surface area contributed by atoms with Crippen LogP contribution in [0.5, 0.6) is 5.75 Å². The molecule has 5 rings (SSSR count). The highest BCUT2D eigenvalue weighted by atomic mass is 32.2. The minimum atomic E-state index is -4.18. The first-order valence-electron chi connectivity index (χ1n) is 14.8. The standard InChI is InChI=1S/C31H33N3O6S/c1-20-8-4-7-11-29(20)41(37,38)33-30(35)22-13-12-21(28(17-22)39-3)16-23-19-34(2)27-15-14-24(18-26(23)27)32-31(36)40-25-9-5-6-10-25/h4,7-8,11-15,17-19,25H,5-6,9-10,16H2,1-3H3,(H,32,36)(H,33,35)/i3D3. The third kappa shape index (κ3) is 6.22. The van der Waals surface area contributed by atoms with Crippen LogP contribution in [0.3, 0.4) is 0 Å². The minimum absolute atomic E-state index is 0.0412. The van der Waals surface area contributed by atoms with Crippen molar-refractivity contribution in [3.8, 4) is 5.75 Å². The Hall–Kier alpha value is -4.31. The van der Waals surface area contributed by atoms with E-state index in [-0.39, 0.29) is 28.7 Å². The highest BCUT2D eigenvalue weighted by Crippen LogP contribution is 2.30. The number of aromatic nitrogens is 1. The lowest BCUT2D eigenvalue weighted by molar-refractivity contribution is 0.0980. The van der Waals surface area contributed by atoms with E-state index in [0.717, 1.165) is 42.1 Å². The zero-order chi connectivity index (χ0) is 31.6. The van der Waals surface area contributed by atoms with Crippen LogP contribution < -0.4 is 14.8 Å². The summed E-state index contributed by atoms with van der Waals surface area (Å²) in [7, 11) is -5.14. The van der Waals surface area contributed by atoms with E-state index in [1.165, 1.54) is 24.3 Å². The molecule has 1 aliphatic rings.